The molecule has 0 aliphatic heterocycles. The van der Waals surface area contributed by atoms with Gasteiger partial charge in [0.25, 0.3) is 0 Å². The highest BCUT2D eigenvalue weighted by atomic mass is 16.4. The molecule has 0 heterocycles. The molecule has 6 saturated carbocycles. The van der Waals surface area contributed by atoms with E-state index in [4.69, 9.17) is 0 Å². The molecule has 0 radical (unpaired) electrons. The summed E-state index contributed by atoms with van der Waals surface area (Å²) >= 11 is 0. The quantitative estimate of drug-likeness (QED) is 0.599. The van der Waals surface area contributed by atoms with Gasteiger partial charge in [0, 0.05) is 0 Å². The lowest BCUT2D eigenvalue weighted by Crippen LogP contribution is -3.12. The molecule has 0 atom stereocenters. The fourth-order valence-corrected chi connectivity index (χ4v) is 6.42. The fourth-order valence-electron chi connectivity index (χ4n) is 6.42. The van der Waals surface area contributed by atoms with Gasteiger partial charge in [0.15, 0.2) is 0 Å². The minimum absolute atomic E-state index is 0.281. The molecular weight excluding hydrogens is 184 g/mol. The minimum Gasteiger partial charge on any atom is -0.339 e. The first-order chi connectivity index (χ1) is 6.62. The molecule has 0 saturated heterocycles. The topological polar surface area (TPSA) is 83.3 Å². The number of carboxylic acid groups (broad SMARTS) is 2. The van der Waals surface area contributed by atoms with Crippen molar-refractivity contribution in [2.45, 2.75) is 0 Å². The van der Waals surface area contributed by atoms with Crippen LogP contribution in [0.25, 0.3) is 0 Å². The summed E-state index contributed by atoms with van der Waals surface area (Å²) in [5.41, 5.74) is -0.561. The summed E-state index contributed by atoms with van der Waals surface area (Å²) in [7, 11) is 0. The van der Waals surface area contributed by atoms with Crippen LogP contribution >= 0.6 is 0 Å². The van der Waals surface area contributed by atoms with Gasteiger partial charge < -0.3 is 19.8 Å². The lowest BCUT2D eigenvalue weighted by molar-refractivity contribution is -0.622. The zero-order chi connectivity index (χ0) is 9.62. The molecule has 0 bridgehead atoms. The van der Waals surface area contributed by atoms with Crippen LogP contribution in [0.3, 0.4) is 0 Å². The smallest absolute Gasteiger partial charge is 0.339 e. The zero-order valence-corrected chi connectivity index (χ0v) is 7.25. The Morgan fingerprint density at radius 1 is 0.714 bits per heavy atom. The van der Waals surface area contributed by atoms with Crippen LogP contribution in [0.4, 0.5) is 0 Å². The van der Waals surface area contributed by atoms with E-state index in [2.05, 4.69) is 0 Å². The molecule has 14 heavy (non-hydrogen) atoms. The van der Waals surface area contributed by atoms with Crippen molar-refractivity contribution in [3.63, 3.8) is 0 Å². The Bertz CT molecular complexity index is 355. The molecule has 6 rings (SSSR count). The Balaban J connectivity index is 1.66. The van der Waals surface area contributed by atoms with Crippen molar-refractivity contribution in [1.82, 2.24) is 0 Å². The Hall–Kier alpha value is -1.06. The van der Waals surface area contributed by atoms with Crippen LogP contribution in [0, 0.1) is 46.3 Å². The number of hydrogen-bond acceptors (Lipinski definition) is 0. The Labute approximate surface area is 78.9 Å². The minimum atomic E-state index is -0.382. The van der Waals surface area contributed by atoms with Crippen LogP contribution in [0.2, 0.25) is 0 Å². The maximum absolute atomic E-state index is 9.27. The summed E-state index contributed by atoms with van der Waals surface area (Å²) in [6.07, 6.45) is 0. The van der Waals surface area contributed by atoms with Crippen LogP contribution in [-0.2, 0) is 0 Å². The van der Waals surface area contributed by atoms with Crippen molar-refractivity contribution < 1.29 is 19.8 Å². The zero-order valence-electron chi connectivity index (χ0n) is 7.25. The molecule has 6 aliphatic carbocycles. The van der Waals surface area contributed by atoms with E-state index >= 15 is 0 Å². The van der Waals surface area contributed by atoms with Gasteiger partial charge in [-0.15, -0.1) is 0 Å². The highest BCUT2D eigenvalue weighted by Gasteiger charge is 3.16. The van der Waals surface area contributed by atoms with Crippen molar-refractivity contribution in [2.75, 3.05) is 0 Å². The highest BCUT2D eigenvalue weighted by molar-refractivity contribution is 5.96. The van der Waals surface area contributed by atoms with E-state index in [0.29, 0.717) is 35.5 Å². The number of rotatable bonds is 2. The third-order valence-corrected chi connectivity index (χ3v) is 6.41. The summed E-state index contributed by atoms with van der Waals surface area (Å²) in [5, 5.41) is 18.5. The second-order valence-corrected chi connectivity index (χ2v) is 5.67. The number of carboxylic acids is 2. The second-order valence-electron chi connectivity index (χ2n) is 5.67. The molecule has 0 unspecified atom stereocenters. The van der Waals surface area contributed by atoms with Crippen molar-refractivity contribution in [2.24, 2.45) is 46.3 Å². The van der Waals surface area contributed by atoms with E-state index in [1.54, 1.807) is 0 Å². The van der Waals surface area contributed by atoms with E-state index in [1.807, 2.05) is 0 Å². The largest absolute Gasteiger partial charge is 0.487 e. The van der Waals surface area contributed by atoms with Gasteiger partial charge in [0.05, 0.1) is 0 Å². The normalized spacial score (nSPS) is 76.9. The van der Waals surface area contributed by atoms with Gasteiger partial charge in [-0.1, -0.05) is 0 Å². The van der Waals surface area contributed by atoms with E-state index in [9.17, 15) is 19.8 Å². The molecule has 0 aromatic rings. The van der Waals surface area contributed by atoms with E-state index in [-0.39, 0.29) is 22.8 Å². The van der Waals surface area contributed by atoms with Crippen molar-refractivity contribution >= 4 is 11.9 Å². The SMILES string of the molecule is OC(=[OH+])C12C3C4C1C1C2C3C41C(O)=[OH+]. The van der Waals surface area contributed by atoms with Gasteiger partial charge in [-0.3, -0.25) is 0 Å². The monoisotopic (exact) mass is 194 g/mol. The molecule has 72 valence electrons. The summed E-state index contributed by atoms with van der Waals surface area (Å²) in [5.74, 6) is 1.33. The molecule has 0 aromatic carbocycles. The Morgan fingerprint density at radius 2 is 0.929 bits per heavy atom. The molecule has 0 spiro atoms. The molecule has 4 heteroatoms. The van der Waals surface area contributed by atoms with Crippen LogP contribution in [0.1, 0.15) is 0 Å². The first kappa shape index (κ1) is 6.43. The predicted molar refractivity (Wildman–Crippen MR) is 44.9 cm³/mol. The number of aliphatic hydroxyl groups excluding tert-OH is 2. The molecule has 6 fully saturated rings. The average molecular weight is 194 g/mol. The molecule has 4 nitrogen and oxygen atoms in total. The molecule has 6 aliphatic rings. The summed E-state index contributed by atoms with van der Waals surface area (Å²) in [4.78, 5) is 18.5. The molecule has 4 N–H and O–H groups in total. The van der Waals surface area contributed by atoms with Gasteiger partial charge >= 0.3 is 11.9 Å². The van der Waals surface area contributed by atoms with Crippen LogP contribution in [0.5, 0.6) is 0 Å². The third-order valence-electron chi connectivity index (χ3n) is 6.41. The van der Waals surface area contributed by atoms with Gasteiger partial charge in [-0.25, -0.2) is 0 Å². The predicted octanol–water partition coefficient (Wildman–Crippen LogP) is -0.155. The third kappa shape index (κ3) is 0.215. The maximum Gasteiger partial charge on any atom is 0.487 e. The Morgan fingerprint density at radius 3 is 1.07 bits per heavy atom. The van der Waals surface area contributed by atoms with E-state index < -0.39 is 0 Å². The molecular formula is C10H10O4+2. The Kier molecular flexibility index (Phi) is 0.538. The number of hydrogen-bond donors (Lipinski definition) is 2. The first-order valence-electron chi connectivity index (χ1n) is 5.13. The van der Waals surface area contributed by atoms with Gasteiger partial charge in [-0.05, 0) is 35.5 Å². The van der Waals surface area contributed by atoms with Crippen molar-refractivity contribution in [3.8, 4) is 0 Å². The van der Waals surface area contributed by atoms with Gasteiger partial charge in [0.1, 0.15) is 10.8 Å². The van der Waals surface area contributed by atoms with Crippen LogP contribution in [-0.4, -0.2) is 31.7 Å². The van der Waals surface area contributed by atoms with E-state index in [0.717, 1.165) is 0 Å². The number of aliphatic carboxylic acids is 2. The fraction of sp³-hybridized carbons (Fsp3) is 0.800. The van der Waals surface area contributed by atoms with Crippen molar-refractivity contribution in [1.29, 1.82) is 0 Å². The highest BCUT2D eigenvalue weighted by Crippen LogP contribution is 3.10. The van der Waals surface area contributed by atoms with Crippen molar-refractivity contribution in [3.05, 3.63) is 0 Å². The van der Waals surface area contributed by atoms with E-state index in [1.165, 1.54) is 0 Å². The maximum atomic E-state index is 9.27. The van der Waals surface area contributed by atoms with Gasteiger partial charge in [-0.2, -0.15) is 0 Å². The standard InChI is InChI=1S/C10H8O4/c11-7(12)9-1-2-4(9)6-5(9)3(1)10(2,6)8(13)14/h1-6H,(H,11,12)(H,13,14)/p+2. The lowest BCUT2D eigenvalue weighted by atomic mass is 8.92. The molecule has 0 aromatic heterocycles. The summed E-state index contributed by atoms with van der Waals surface area (Å²) in [6.45, 7) is 0. The summed E-state index contributed by atoms with van der Waals surface area (Å²) in [6, 6.07) is 0. The summed E-state index contributed by atoms with van der Waals surface area (Å²) < 4.78 is 0. The molecule has 0 amide bonds. The lowest BCUT2D eigenvalue weighted by Gasteiger charge is -3.06. The average Bonchev–Trinajstić information content (AvgIpc) is 2.16. The van der Waals surface area contributed by atoms with Gasteiger partial charge in [0.2, 0.25) is 0 Å². The first-order valence-corrected chi connectivity index (χ1v) is 5.13. The van der Waals surface area contributed by atoms with Crippen LogP contribution in [0.15, 0.2) is 0 Å². The second kappa shape index (κ2) is 1.17. The van der Waals surface area contributed by atoms with Crippen LogP contribution < -0.4 is 0 Å².